The molecule has 8 heteroatoms. The minimum atomic E-state index is -3.76. The molecule has 0 aliphatic heterocycles. The molecule has 0 unspecified atom stereocenters. The number of furan rings is 1. The van der Waals surface area contributed by atoms with Gasteiger partial charge in [-0.1, -0.05) is 17.7 Å². The van der Waals surface area contributed by atoms with Crippen LogP contribution in [0.25, 0.3) is 0 Å². The normalized spacial score (nSPS) is 11.0. The molecule has 0 saturated heterocycles. The van der Waals surface area contributed by atoms with Gasteiger partial charge in [0.15, 0.2) is 5.76 Å². The monoisotopic (exact) mass is 386 g/mol. The lowest BCUT2D eigenvalue weighted by molar-refractivity contribution is 0.0996. The highest BCUT2D eigenvalue weighted by Crippen LogP contribution is 2.29. The van der Waals surface area contributed by atoms with Gasteiger partial charge in [-0.3, -0.25) is 9.52 Å². The summed E-state index contributed by atoms with van der Waals surface area (Å²) in [6.07, 6.45) is 1.39. The Balaban J connectivity index is 1.86. The molecular weight excluding hydrogens is 368 g/mol. The SMILES string of the molecule is COc1ccc(NS(=O)(=O)c2ccc(C)cc2)cc1NC(=O)c1ccco1. The summed E-state index contributed by atoms with van der Waals surface area (Å²) in [4.78, 5) is 12.3. The summed E-state index contributed by atoms with van der Waals surface area (Å²) in [6, 6.07) is 14.2. The molecule has 0 atom stereocenters. The highest BCUT2D eigenvalue weighted by Gasteiger charge is 2.17. The number of benzene rings is 2. The van der Waals surface area contributed by atoms with E-state index >= 15 is 0 Å². The second-order valence-corrected chi connectivity index (χ2v) is 7.45. The van der Waals surface area contributed by atoms with Crippen LogP contribution < -0.4 is 14.8 Å². The molecule has 0 bridgehead atoms. The fourth-order valence-corrected chi connectivity index (χ4v) is 3.44. The fourth-order valence-electron chi connectivity index (χ4n) is 2.39. The Hall–Kier alpha value is -3.26. The van der Waals surface area contributed by atoms with Crippen molar-refractivity contribution < 1.29 is 22.4 Å². The van der Waals surface area contributed by atoms with Crippen LogP contribution in [0.4, 0.5) is 11.4 Å². The first kappa shape index (κ1) is 18.5. The van der Waals surface area contributed by atoms with E-state index in [1.807, 2.05) is 6.92 Å². The van der Waals surface area contributed by atoms with Crippen molar-refractivity contribution in [2.75, 3.05) is 17.1 Å². The largest absolute Gasteiger partial charge is 0.495 e. The Morgan fingerprint density at radius 1 is 1.07 bits per heavy atom. The molecule has 0 fully saturated rings. The number of rotatable bonds is 6. The number of aryl methyl sites for hydroxylation is 1. The van der Waals surface area contributed by atoms with Crippen molar-refractivity contribution in [1.29, 1.82) is 0 Å². The molecule has 0 radical (unpaired) electrons. The number of methoxy groups -OCH3 is 1. The van der Waals surface area contributed by atoms with E-state index in [0.29, 0.717) is 11.4 Å². The first-order chi connectivity index (χ1) is 12.9. The van der Waals surface area contributed by atoms with E-state index in [4.69, 9.17) is 9.15 Å². The Morgan fingerprint density at radius 3 is 2.44 bits per heavy atom. The van der Waals surface area contributed by atoms with E-state index in [-0.39, 0.29) is 16.3 Å². The van der Waals surface area contributed by atoms with Gasteiger partial charge < -0.3 is 14.5 Å². The molecule has 2 aromatic carbocycles. The van der Waals surface area contributed by atoms with Crippen LogP contribution in [0, 0.1) is 6.92 Å². The molecule has 27 heavy (non-hydrogen) atoms. The second kappa shape index (κ2) is 7.55. The predicted octanol–water partition coefficient (Wildman–Crippen LogP) is 3.65. The highest BCUT2D eigenvalue weighted by atomic mass is 32.2. The fraction of sp³-hybridized carbons (Fsp3) is 0.105. The van der Waals surface area contributed by atoms with Crippen LogP contribution in [0.2, 0.25) is 0 Å². The number of amides is 1. The number of sulfonamides is 1. The summed E-state index contributed by atoms with van der Waals surface area (Å²) in [5, 5.41) is 2.64. The number of carbonyl (C=O) groups excluding carboxylic acids is 1. The zero-order valence-electron chi connectivity index (χ0n) is 14.7. The number of ether oxygens (including phenoxy) is 1. The van der Waals surface area contributed by atoms with Crippen molar-refractivity contribution in [1.82, 2.24) is 0 Å². The molecule has 1 amide bonds. The van der Waals surface area contributed by atoms with Gasteiger partial charge in [0.05, 0.1) is 29.6 Å². The first-order valence-electron chi connectivity index (χ1n) is 8.01. The lowest BCUT2D eigenvalue weighted by atomic mass is 10.2. The van der Waals surface area contributed by atoms with Crippen molar-refractivity contribution in [3.8, 4) is 5.75 Å². The van der Waals surface area contributed by atoms with Crippen LogP contribution in [0.3, 0.4) is 0 Å². The zero-order chi connectivity index (χ0) is 19.4. The number of hydrogen-bond donors (Lipinski definition) is 2. The van der Waals surface area contributed by atoms with E-state index in [9.17, 15) is 13.2 Å². The van der Waals surface area contributed by atoms with Crippen molar-refractivity contribution >= 4 is 27.3 Å². The molecule has 0 spiro atoms. The minimum Gasteiger partial charge on any atom is -0.495 e. The number of anilines is 2. The van der Waals surface area contributed by atoms with Gasteiger partial charge in [-0.25, -0.2) is 8.42 Å². The third-order valence-electron chi connectivity index (χ3n) is 3.78. The van der Waals surface area contributed by atoms with Gasteiger partial charge in [-0.2, -0.15) is 0 Å². The van der Waals surface area contributed by atoms with E-state index in [2.05, 4.69) is 10.0 Å². The number of nitrogens with one attached hydrogen (secondary N) is 2. The maximum absolute atomic E-state index is 12.5. The quantitative estimate of drug-likeness (QED) is 0.674. The van der Waals surface area contributed by atoms with Crippen LogP contribution in [-0.2, 0) is 10.0 Å². The Bertz CT molecular complexity index is 1040. The van der Waals surface area contributed by atoms with Crippen LogP contribution in [-0.4, -0.2) is 21.4 Å². The maximum Gasteiger partial charge on any atom is 0.291 e. The summed E-state index contributed by atoms with van der Waals surface area (Å²) < 4.78 is 37.9. The summed E-state index contributed by atoms with van der Waals surface area (Å²) in [6.45, 7) is 1.88. The van der Waals surface area contributed by atoms with Gasteiger partial charge in [0, 0.05) is 0 Å². The molecule has 3 aromatic rings. The Kier molecular flexibility index (Phi) is 5.18. The van der Waals surface area contributed by atoms with Crippen LogP contribution >= 0.6 is 0 Å². The third-order valence-corrected chi connectivity index (χ3v) is 5.17. The number of carbonyl (C=O) groups is 1. The molecule has 7 nitrogen and oxygen atoms in total. The average molecular weight is 386 g/mol. The van der Waals surface area contributed by atoms with Crippen molar-refractivity contribution in [3.63, 3.8) is 0 Å². The van der Waals surface area contributed by atoms with E-state index in [1.165, 1.54) is 37.6 Å². The summed E-state index contributed by atoms with van der Waals surface area (Å²) in [5.74, 6) is 0.0349. The molecular formula is C19H18N2O5S. The maximum atomic E-state index is 12.5. The average Bonchev–Trinajstić information content (AvgIpc) is 3.17. The summed E-state index contributed by atoms with van der Waals surface area (Å²) in [5.41, 5.74) is 1.55. The highest BCUT2D eigenvalue weighted by molar-refractivity contribution is 7.92. The van der Waals surface area contributed by atoms with Crippen molar-refractivity contribution in [2.24, 2.45) is 0 Å². The van der Waals surface area contributed by atoms with E-state index < -0.39 is 15.9 Å². The zero-order valence-corrected chi connectivity index (χ0v) is 15.5. The van der Waals surface area contributed by atoms with Crippen LogP contribution in [0.1, 0.15) is 16.1 Å². The van der Waals surface area contributed by atoms with Gasteiger partial charge in [0.2, 0.25) is 0 Å². The topological polar surface area (TPSA) is 97.6 Å². The van der Waals surface area contributed by atoms with Crippen LogP contribution in [0.5, 0.6) is 5.75 Å². The molecule has 1 aromatic heterocycles. The Labute approximate surface area is 157 Å². The molecule has 0 aliphatic carbocycles. The smallest absolute Gasteiger partial charge is 0.291 e. The lowest BCUT2D eigenvalue weighted by Gasteiger charge is -2.13. The second-order valence-electron chi connectivity index (χ2n) is 5.77. The van der Waals surface area contributed by atoms with Gasteiger partial charge >= 0.3 is 0 Å². The lowest BCUT2D eigenvalue weighted by Crippen LogP contribution is -2.14. The summed E-state index contributed by atoms with van der Waals surface area (Å²) >= 11 is 0. The molecule has 140 valence electrons. The van der Waals surface area contributed by atoms with E-state index in [0.717, 1.165) is 5.56 Å². The third kappa shape index (κ3) is 4.29. The minimum absolute atomic E-state index is 0.127. The van der Waals surface area contributed by atoms with Gasteiger partial charge in [0.1, 0.15) is 5.75 Å². The van der Waals surface area contributed by atoms with Crippen molar-refractivity contribution in [2.45, 2.75) is 11.8 Å². The van der Waals surface area contributed by atoms with Gasteiger partial charge in [0.25, 0.3) is 15.9 Å². The van der Waals surface area contributed by atoms with Crippen LogP contribution in [0.15, 0.2) is 70.2 Å². The molecule has 1 heterocycles. The van der Waals surface area contributed by atoms with Crippen molar-refractivity contribution in [3.05, 3.63) is 72.2 Å². The summed E-state index contributed by atoms with van der Waals surface area (Å²) in [7, 11) is -2.31. The van der Waals surface area contributed by atoms with Gasteiger partial charge in [-0.15, -0.1) is 0 Å². The molecule has 2 N–H and O–H groups in total. The molecule has 3 rings (SSSR count). The first-order valence-corrected chi connectivity index (χ1v) is 9.50. The molecule has 0 aliphatic rings. The van der Waals surface area contributed by atoms with Gasteiger partial charge in [-0.05, 0) is 49.4 Å². The predicted molar refractivity (Wildman–Crippen MR) is 102 cm³/mol. The molecule has 0 saturated carbocycles. The van der Waals surface area contributed by atoms with E-state index in [1.54, 1.807) is 30.3 Å². The number of hydrogen-bond acceptors (Lipinski definition) is 5. The Morgan fingerprint density at radius 2 is 1.81 bits per heavy atom. The standard InChI is InChI=1S/C19H18N2O5S/c1-13-5-8-15(9-6-13)27(23,24)21-14-7-10-17(25-2)16(12-14)20-19(22)18-4-3-11-26-18/h3-12,21H,1-2H3,(H,20,22).